The molecule has 0 aromatic heterocycles. The van der Waals surface area contributed by atoms with Crippen molar-refractivity contribution in [3.05, 3.63) is 102 Å². The highest BCUT2D eigenvalue weighted by Crippen LogP contribution is 2.48. The fraction of sp³-hybridized carbons (Fsp3) is 0.179. The van der Waals surface area contributed by atoms with Gasteiger partial charge in [-0.05, 0) is 35.0 Å². The van der Waals surface area contributed by atoms with E-state index in [1.165, 1.54) is 16.3 Å². The van der Waals surface area contributed by atoms with E-state index in [4.69, 9.17) is 19.3 Å². The Hall–Kier alpha value is -3.99. The summed E-state index contributed by atoms with van der Waals surface area (Å²) in [6.07, 6.45) is 0.454. The molecular formula is C28H24N2O3. The Bertz CT molecular complexity index is 1380. The Labute approximate surface area is 192 Å². The van der Waals surface area contributed by atoms with Crippen LogP contribution >= 0.6 is 0 Å². The van der Waals surface area contributed by atoms with Gasteiger partial charge in [-0.3, -0.25) is 0 Å². The maximum atomic E-state index is 6.50. The summed E-state index contributed by atoms with van der Waals surface area (Å²) in [6.45, 7) is 0. The minimum Gasteiger partial charge on any atom is -0.493 e. The number of ether oxygens (including phenoxy) is 3. The van der Waals surface area contributed by atoms with E-state index in [9.17, 15) is 0 Å². The number of hydrogen-bond acceptors (Lipinski definition) is 5. The molecule has 164 valence electrons. The number of methoxy groups -OCH3 is 2. The van der Waals surface area contributed by atoms with Gasteiger partial charge in [-0.1, -0.05) is 60.7 Å². The second-order valence-corrected chi connectivity index (χ2v) is 8.30. The van der Waals surface area contributed by atoms with E-state index in [2.05, 4.69) is 59.6 Å². The summed E-state index contributed by atoms with van der Waals surface area (Å²) in [5, 5.41) is 9.67. The van der Waals surface area contributed by atoms with Crippen LogP contribution in [0.1, 0.15) is 35.4 Å². The standard InChI is InChI=1S/C28H24N2O3/c1-31-26-15-14-19(16-27(26)32-2)28-30-24(22-11-5-6-13-25(22)33-28)17-23(29-30)21-12-7-9-18-8-3-4-10-20(18)21/h3-16,24,28H,17H2,1-2H3/t24-,28+/m1/s1. The Morgan fingerprint density at radius 3 is 2.52 bits per heavy atom. The molecule has 0 radical (unpaired) electrons. The minimum absolute atomic E-state index is 0.0991. The highest BCUT2D eigenvalue weighted by molar-refractivity contribution is 6.11. The topological polar surface area (TPSA) is 43.3 Å². The molecule has 0 saturated heterocycles. The lowest BCUT2D eigenvalue weighted by molar-refractivity contribution is -0.0191. The first-order valence-electron chi connectivity index (χ1n) is 11.1. The van der Waals surface area contributed by atoms with Gasteiger partial charge in [0.05, 0.1) is 26.0 Å². The van der Waals surface area contributed by atoms with Gasteiger partial charge in [0.2, 0.25) is 6.23 Å². The molecule has 5 nitrogen and oxygen atoms in total. The monoisotopic (exact) mass is 436 g/mol. The SMILES string of the molecule is COc1ccc([C@@H]2Oc3ccccc3[C@H]3CC(c4cccc5ccccc45)=NN32)cc1OC. The van der Waals surface area contributed by atoms with Crippen LogP contribution in [-0.2, 0) is 0 Å². The molecule has 2 aliphatic rings. The third kappa shape index (κ3) is 3.20. The van der Waals surface area contributed by atoms with Gasteiger partial charge >= 0.3 is 0 Å². The summed E-state index contributed by atoms with van der Waals surface area (Å²) in [7, 11) is 3.29. The maximum absolute atomic E-state index is 6.50. The first-order chi connectivity index (χ1) is 16.3. The molecule has 6 rings (SSSR count). The quantitative estimate of drug-likeness (QED) is 0.388. The normalized spacial score (nSPS) is 18.8. The molecule has 2 aliphatic heterocycles. The molecule has 0 spiro atoms. The summed E-state index contributed by atoms with van der Waals surface area (Å²) < 4.78 is 17.5. The highest BCUT2D eigenvalue weighted by atomic mass is 16.5. The van der Waals surface area contributed by atoms with Gasteiger partial charge in [-0.15, -0.1) is 0 Å². The van der Waals surface area contributed by atoms with E-state index < -0.39 is 0 Å². The second-order valence-electron chi connectivity index (χ2n) is 8.30. The van der Waals surface area contributed by atoms with E-state index in [1.807, 2.05) is 30.3 Å². The molecule has 0 fully saturated rings. The number of hydrazone groups is 1. The van der Waals surface area contributed by atoms with Crippen molar-refractivity contribution in [3.63, 3.8) is 0 Å². The van der Waals surface area contributed by atoms with Gasteiger partial charge < -0.3 is 14.2 Å². The average Bonchev–Trinajstić information content (AvgIpc) is 3.33. The van der Waals surface area contributed by atoms with Crippen molar-refractivity contribution in [1.82, 2.24) is 5.01 Å². The largest absolute Gasteiger partial charge is 0.493 e. The van der Waals surface area contributed by atoms with Crippen molar-refractivity contribution in [3.8, 4) is 17.2 Å². The molecule has 0 aliphatic carbocycles. The molecule has 0 bridgehead atoms. The Morgan fingerprint density at radius 2 is 1.64 bits per heavy atom. The maximum Gasteiger partial charge on any atom is 0.214 e. The molecule has 4 aromatic carbocycles. The van der Waals surface area contributed by atoms with Crippen LogP contribution in [0.3, 0.4) is 0 Å². The van der Waals surface area contributed by atoms with E-state index in [-0.39, 0.29) is 12.3 Å². The van der Waals surface area contributed by atoms with E-state index in [0.29, 0.717) is 11.5 Å². The van der Waals surface area contributed by atoms with Crippen LogP contribution in [0.5, 0.6) is 17.2 Å². The zero-order valence-electron chi connectivity index (χ0n) is 18.6. The molecule has 33 heavy (non-hydrogen) atoms. The number of para-hydroxylation sites is 1. The Morgan fingerprint density at radius 1 is 0.848 bits per heavy atom. The van der Waals surface area contributed by atoms with E-state index >= 15 is 0 Å². The summed E-state index contributed by atoms with van der Waals surface area (Å²) >= 11 is 0. The van der Waals surface area contributed by atoms with Crippen molar-refractivity contribution >= 4 is 16.5 Å². The van der Waals surface area contributed by atoms with Gasteiger partial charge in [0, 0.05) is 23.1 Å². The van der Waals surface area contributed by atoms with Crippen LogP contribution in [0.15, 0.2) is 90.0 Å². The predicted octanol–water partition coefficient (Wildman–Crippen LogP) is 6.10. The van der Waals surface area contributed by atoms with Crippen LogP contribution in [-0.4, -0.2) is 24.9 Å². The number of benzene rings is 4. The minimum atomic E-state index is -0.364. The Balaban J connectivity index is 1.48. The zero-order valence-corrected chi connectivity index (χ0v) is 18.6. The molecule has 0 N–H and O–H groups in total. The number of rotatable bonds is 4. The number of hydrogen-bond donors (Lipinski definition) is 0. The smallest absolute Gasteiger partial charge is 0.214 e. The van der Waals surface area contributed by atoms with Crippen molar-refractivity contribution in [2.75, 3.05) is 14.2 Å². The molecule has 0 amide bonds. The predicted molar refractivity (Wildman–Crippen MR) is 129 cm³/mol. The summed E-state index contributed by atoms with van der Waals surface area (Å²) in [4.78, 5) is 0. The number of nitrogens with zero attached hydrogens (tertiary/aromatic N) is 2. The van der Waals surface area contributed by atoms with Crippen LogP contribution in [0, 0.1) is 0 Å². The van der Waals surface area contributed by atoms with Gasteiger partial charge in [-0.2, -0.15) is 5.10 Å². The van der Waals surface area contributed by atoms with Gasteiger partial charge in [0.1, 0.15) is 5.75 Å². The molecule has 0 unspecified atom stereocenters. The number of fused-ring (bicyclic) bond motifs is 4. The molecule has 2 atom stereocenters. The van der Waals surface area contributed by atoms with Crippen LogP contribution < -0.4 is 14.2 Å². The lowest BCUT2D eigenvalue weighted by atomic mass is 9.93. The molecule has 2 heterocycles. The van der Waals surface area contributed by atoms with Crippen LogP contribution in [0.25, 0.3) is 10.8 Å². The van der Waals surface area contributed by atoms with Crippen LogP contribution in [0.4, 0.5) is 0 Å². The second kappa shape index (κ2) is 7.85. The molecule has 0 saturated carbocycles. The summed E-state index contributed by atoms with van der Waals surface area (Å²) in [6, 6.07) is 29.1. The van der Waals surface area contributed by atoms with Gasteiger partial charge in [-0.25, -0.2) is 5.01 Å². The third-order valence-electron chi connectivity index (χ3n) is 6.49. The first kappa shape index (κ1) is 19.7. The third-order valence-corrected chi connectivity index (χ3v) is 6.49. The lowest BCUT2D eigenvalue weighted by Crippen LogP contribution is -2.33. The summed E-state index contributed by atoms with van der Waals surface area (Å²) in [5.41, 5.74) is 4.37. The summed E-state index contributed by atoms with van der Waals surface area (Å²) in [5.74, 6) is 2.26. The fourth-order valence-corrected chi connectivity index (χ4v) is 4.90. The fourth-order valence-electron chi connectivity index (χ4n) is 4.90. The Kier molecular flexibility index (Phi) is 4.68. The molecule has 4 aromatic rings. The lowest BCUT2D eigenvalue weighted by Gasteiger charge is -2.38. The van der Waals surface area contributed by atoms with Crippen LogP contribution in [0.2, 0.25) is 0 Å². The van der Waals surface area contributed by atoms with E-state index in [1.54, 1.807) is 14.2 Å². The van der Waals surface area contributed by atoms with E-state index in [0.717, 1.165) is 29.0 Å². The van der Waals surface area contributed by atoms with Gasteiger partial charge in [0.15, 0.2) is 11.5 Å². The molecular weight excluding hydrogens is 412 g/mol. The molecule has 5 heteroatoms. The van der Waals surface area contributed by atoms with Crippen molar-refractivity contribution < 1.29 is 14.2 Å². The average molecular weight is 437 g/mol. The highest BCUT2D eigenvalue weighted by Gasteiger charge is 2.41. The first-order valence-corrected chi connectivity index (χ1v) is 11.1. The van der Waals surface area contributed by atoms with Crippen molar-refractivity contribution in [2.45, 2.75) is 18.7 Å². The van der Waals surface area contributed by atoms with Crippen molar-refractivity contribution in [1.29, 1.82) is 0 Å². The zero-order chi connectivity index (χ0) is 22.4. The van der Waals surface area contributed by atoms with Gasteiger partial charge in [0.25, 0.3) is 0 Å². The van der Waals surface area contributed by atoms with Crippen molar-refractivity contribution in [2.24, 2.45) is 5.10 Å².